The van der Waals surface area contributed by atoms with Gasteiger partial charge in [-0.15, -0.1) is 5.10 Å². The van der Waals surface area contributed by atoms with E-state index in [9.17, 15) is 26.3 Å². The van der Waals surface area contributed by atoms with Crippen molar-refractivity contribution in [1.29, 1.82) is 0 Å². The number of hydrogen-bond acceptors (Lipinski definition) is 5. The Morgan fingerprint density at radius 2 is 1.79 bits per heavy atom. The third-order valence-electron chi connectivity index (χ3n) is 5.16. The molecule has 1 saturated heterocycles. The molecule has 0 amide bonds. The zero-order chi connectivity index (χ0) is 20.1. The molecule has 12 heteroatoms. The van der Waals surface area contributed by atoms with Crippen LogP contribution in [-0.4, -0.2) is 46.5 Å². The van der Waals surface area contributed by atoms with E-state index < -0.39 is 36.1 Å². The molecule has 2 aromatic rings. The van der Waals surface area contributed by atoms with Crippen LogP contribution in [0.15, 0.2) is 12.1 Å². The van der Waals surface area contributed by atoms with Crippen LogP contribution in [0.1, 0.15) is 18.5 Å². The van der Waals surface area contributed by atoms with Gasteiger partial charge in [0.05, 0.1) is 0 Å². The van der Waals surface area contributed by atoms with Gasteiger partial charge >= 0.3 is 12.4 Å². The average Bonchev–Trinajstić information content (AvgIpc) is 3.08. The summed E-state index contributed by atoms with van der Waals surface area (Å²) in [6.45, 7) is -0.0628. The predicted molar refractivity (Wildman–Crippen MR) is 86.0 cm³/mol. The van der Waals surface area contributed by atoms with E-state index in [0.29, 0.717) is 22.4 Å². The molecule has 1 aliphatic carbocycles. The van der Waals surface area contributed by atoms with E-state index in [0.717, 1.165) is 32.0 Å². The number of nitrogens with zero attached hydrogens (tertiary/aromatic N) is 3. The Bertz CT molecular complexity index is 848. The van der Waals surface area contributed by atoms with Gasteiger partial charge in [0.15, 0.2) is 18.0 Å². The highest BCUT2D eigenvalue weighted by Gasteiger charge is 2.40. The molecular weight excluding hydrogens is 392 g/mol. The molecule has 28 heavy (non-hydrogen) atoms. The fraction of sp³-hybridized carbons (Fsp3) is 0.625. The van der Waals surface area contributed by atoms with Crippen molar-refractivity contribution in [3.8, 4) is 5.75 Å². The minimum Gasteiger partial charge on any atom is -0.480 e. The van der Waals surface area contributed by atoms with E-state index in [4.69, 9.17) is 0 Å². The smallest absolute Gasteiger partial charge is 0.433 e. The summed E-state index contributed by atoms with van der Waals surface area (Å²) in [5.74, 6) is 0.123. The standard InChI is InChI=1S/C16H17F6N5O/c17-15(18,19)7-28-10-3-4-11(16(20,21)22)27-13(10)25-14(26-27)24-12-8-1-2-9(12)6-23-5-8/h3-4,8-9,12,23H,1-2,5-7H2,(H,24,26)/t8-,9+,12-. The second kappa shape index (κ2) is 6.68. The van der Waals surface area contributed by atoms with Gasteiger partial charge in [0.1, 0.15) is 5.69 Å². The van der Waals surface area contributed by atoms with Crippen molar-refractivity contribution in [2.45, 2.75) is 31.2 Å². The lowest BCUT2D eigenvalue weighted by molar-refractivity contribution is -0.153. The Balaban J connectivity index is 1.68. The first-order valence-corrected chi connectivity index (χ1v) is 8.75. The van der Waals surface area contributed by atoms with Crippen molar-refractivity contribution in [2.24, 2.45) is 11.8 Å². The molecule has 6 nitrogen and oxygen atoms in total. The van der Waals surface area contributed by atoms with Gasteiger partial charge in [-0.1, -0.05) is 0 Å². The SMILES string of the molecule is FC(F)(F)COc1ccc(C(F)(F)F)n2nc(N[C@@H]3[C@@H]4CC[C@H]3CNC4)nc12. The summed E-state index contributed by atoms with van der Waals surface area (Å²) in [4.78, 5) is 4.01. The quantitative estimate of drug-likeness (QED) is 0.760. The third-order valence-corrected chi connectivity index (χ3v) is 5.16. The van der Waals surface area contributed by atoms with Crippen LogP contribution in [0, 0.1) is 11.8 Å². The molecule has 0 radical (unpaired) electrons. The topological polar surface area (TPSA) is 63.5 Å². The maximum atomic E-state index is 13.3. The molecule has 2 aromatic heterocycles. The summed E-state index contributed by atoms with van der Waals surface area (Å²) in [7, 11) is 0. The van der Waals surface area contributed by atoms with E-state index in [1.807, 2.05) is 0 Å². The summed E-state index contributed by atoms with van der Waals surface area (Å²) in [5, 5.41) is 10.2. The number of anilines is 1. The van der Waals surface area contributed by atoms with Crippen LogP contribution in [0.2, 0.25) is 0 Å². The van der Waals surface area contributed by atoms with Gasteiger partial charge in [0.25, 0.3) is 0 Å². The van der Waals surface area contributed by atoms with Gasteiger partial charge in [-0.2, -0.15) is 31.3 Å². The minimum absolute atomic E-state index is 0.00698. The number of piperidine rings is 1. The van der Waals surface area contributed by atoms with Crippen molar-refractivity contribution >= 4 is 11.6 Å². The lowest BCUT2D eigenvalue weighted by atomic mass is 9.94. The first kappa shape index (κ1) is 19.1. The number of fused-ring (bicyclic) bond motifs is 3. The molecule has 2 fully saturated rings. The Morgan fingerprint density at radius 3 is 2.39 bits per heavy atom. The molecule has 2 N–H and O–H groups in total. The number of rotatable bonds is 4. The highest BCUT2D eigenvalue weighted by atomic mass is 19.4. The Kier molecular flexibility index (Phi) is 4.55. The Hall–Kier alpha value is -2.24. The van der Waals surface area contributed by atoms with Crippen LogP contribution in [0.4, 0.5) is 32.3 Å². The van der Waals surface area contributed by atoms with Gasteiger partial charge in [0.2, 0.25) is 5.95 Å². The lowest BCUT2D eigenvalue weighted by Gasteiger charge is -2.30. The molecule has 0 spiro atoms. The third kappa shape index (κ3) is 3.69. The first-order valence-electron chi connectivity index (χ1n) is 8.75. The predicted octanol–water partition coefficient (Wildman–Crippen LogP) is 3.10. The molecule has 1 aliphatic heterocycles. The highest BCUT2D eigenvalue weighted by molar-refractivity contribution is 5.57. The molecule has 1 saturated carbocycles. The van der Waals surface area contributed by atoms with Crippen molar-refractivity contribution in [1.82, 2.24) is 19.9 Å². The Labute approximate surface area is 155 Å². The average molecular weight is 409 g/mol. The van der Waals surface area contributed by atoms with E-state index in [1.165, 1.54) is 0 Å². The molecule has 154 valence electrons. The number of alkyl halides is 6. The van der Waals surface area contributed by atoms with Gasteiger partial charge < -0.3 is 15.4 Å². The van der Waals surface area contributed by atoms with Crippen molar-refractivity contribution in [3.63, 3.8) is 0 Å². The van der Waals surface area contributed by atoms with Crippen LogP contribution < -0.4 is 15.4 Å². The summed E-state index contributed by atoms with van der Waals surface area (Å²) in [5.41, 5.74) is -1.56. The fourth-order valence-electron chi connectivity index (χ4n) is 3.96. The van der Waals surface area contributed by atoms with Crippen LogP contribution in [0.5, 0.6) is 5.75 Å². The molecule has 2 bridgehead atoms. The van der Waals surface area contributed by atoms with Crippen molar-refractivity contribution in [2.75, 3.05) is 25.0 Å². The molecule has 4 rings (SSSR count). The maximum Gasteiger partial charge on any atom is 0.433 e. The zero-order valence-corrected chi connectivity index (χ0v) is 14.4. The van der Waals surface area contributed by atoms with Gasteiger partial charge in [-0.25, -0.2) is 4.52 Å². The van der Waals surface area contributed by atoms with Crippen molar-refractivity contribution in [3.05, 3.63) is 17.8 Å². The molecule has 3 atom stereocenters. The molecule has 2 aliphatic rings. The molecule has 3 heterocycles. The lowest BCUT2D eigenvalue weighted by Crippen LogP contribution is -2.45. The zero-order valence-electron chi connectivity index (χ0n) is 14.4. The number of pyridine rings is 1. The summed E-state index contributed by atoms with van der Waals surface area (Å²) in [6.07, 6.45) is -7.42. The number of halogens is 6. The minimum atomic E-state index is -4.75. The number of aromatic nitrogens is 3. The largest absolute Gasteiger partial charge is 0.480 e. The van der Waals surface area contributed by atoms with E-state index in [-0.39, 0.29) is 12.0 Å². The summed E-state index contributed by atoms with van der Waals surface area (Å²) >= 11 is 0. The number of nitrogens with one attached hydrogen (secondary N) is 2. The van der Waals surface area contributed by atoms with Crippen LogP contribution in [0.3, 0.4) is 0 Å². The summed E-state index contributed by atoms with van der Waals surface area (Å²) in [6, 6.07) is 1.47. The first-order chi connectivity index (χ1) is 13.1. The second-order valence-corrected chi connectivity index (χ2v) is 7.08. The fourth-order valence-corrected chi connectivity index (χ4v) is 3.96. The van der Waals surface area contributed by atoms with E-state index in [1.54, 1.807) is 0 Å². The Morgan fingerprint density at radius 1 is 1.11 bits per heavy atom. The number of hydrogen-bond donors (Lipinski definition) is 2. The number of ether oxygens (including phenoxy) is 1. The molecular formula is C16H17F6N5O. The normalized spacial score (nSPS) is 25.3. The van der Waals surface area contributed by atoms with Crippen LogP contribution in [-0.2, 0) is 6.18 Å². The van der Waals surface area contributed by atoms with Gasteiger partial charge in [-0.05, 0) is 49.9 Å². The van der Waals surface area contributed by atoms with Gasteiger partial charge in [-0.3, -0.25) is 0 Å². The molecule has 0 aromatic carbocycles. The van der Waals surface area contributed by atoms with Crippen LogP contribution in [0.25, 0.3) is 5.65 Å². The maximum absolute atomic E-state index is 13.3. The van der Waals surface area contributed by atoms with Gasteiger partial charge in [0, 0.05) is 6.04 Å². The molecule has 0 unspecified atom stereocenters. The monoisotopic (exact) mass is 409 g/mol. The van der Waals surface area contributed by atoms with Crippen LogP contribution >= 0.6 is 0 Å². The summed E-state index contributed by atoms with van der Waals surface area (Å²) < 4.78 is 82.4. The highest BCUT2D eigenvalue weighted by Crippen LogP contribution is 2.36. The second-order valence-electron chi connectivity index (χ2n) is 7.08. The van der Waals surface area contributed by atoms with Crippen molar-refractivity contribution < 1.29 is 31.1 Å². The van der Waals surface area contributed by atoms with E-state index in [2.05, 4.69) is 25.5 Å². The van der Waals surface area contributed by atoms with E-state index >= 15 is 0 Å².